The van der Waals surface area contributed by atoms with Crippen LogP contribution in [-0.4, -0.2) is 39.6 Å². The molecule has 0 spiro atoms. The lowest BCUT2D eigenvalue weighted by atomic mass is 9.98. The molecule has 1 saturated heterocycles. The summed E-state index contributed by atoms with van der Waals surface area (Å²) in [5, 5.41) is 6.91. The van der Waals surface area contributed by atoms with E-state index >= 15 is 0 Å². The maximum Gasteiger partial charge on any atom is 0.276 e. The number of nitrogens with one attached hydrogen (secondary N) is 1. The highest BCUT2D eigenvalue weighted by molar-refractivity contribution is 6.08. The van der Waals surface area contributed by atoms with E-state index in [0.717, 1.165) is 32.4 Å². The third-order valence-electron chi connectivity index (χ3n) is 5.01. The number of rotatable bonds is 5. The molecule has 1 N–H and O–H groups in total. The Bertz CT molecular complexity index is 914. The number of anilines is 1. The van der Waals surface area contributed by atoms with E-state index in [2.05, 4.69) is 17.3 Å². The molecule has 28 heavy (non-hydrogen) atoms. The molecule has 1 aromatic carbocycles. The van der Waals surface area contributed by atoms with Crippen molar-refractivity contribution in [2.75, 3.05) is 18.4 Å². The first-order valence-electron chi connectivity index (χ1n) is 9.77. The monoisotopic (exact) mass is 382 g/mol. The molecule has 0 atom stereocenters. The molecule has 1 aromatic heterocycles. The fourth-order valence-corrected chi connectivity index (χ4v) is 3.29. The molecule has 7 nitrogen and oxygen atoms in total. The van der Waals surface area contributed by atoms with Gasteiger partial charge >= 0.3 is 0 Å². The normalized spacial score (nSPS) is 14.7. The third kappa shape index (κ3) is 4.47. The molecule has 1 aliphatic heterocycles. The predicted octanol–water partition coefficient (Wildman–Crippen LogP) is 2.78. The molecular weight excluding hydrogens is 356 g/mol. The van der Waals surface area contributed by atoms with Gasteiger partial charge < -0.3 is 10.2 Å². The van der Waals surface area contributed by atoms with Crippen LogP contribution in [0.25, 0.3) is 0 Å². The number of hydrogen-bond acceptors (Lipinski definition) is 4. The molecule has 2 heterocycles. The molecule has 0 aliphatic carbocycles. The second-order valence-corrected chi connectivity index (χ2v) is 7.25. The summed E-state index contributed by atoms with van der Waals surface area (Å²) >= 11 is 0. The highest BCUT2D eigenvalue weighted by atomic mass is 16.2. The van der Waals surface area contributed by atoms with Crippen molar-refractivity contribution in [3.63, 3.8) is 0 Å². The number of aryl methyl sites for hydroxylation is 1. The van der Waals surface area contributed by atoms with Crippen molar-refractivity contribution in [1.29, 1.82) is 0 Å². The summed E-state index contributed by atoms with van der Waals surface area (Å²) in [6.45, 7) is 6.03. The van der Waals surface area contributed by atoms with Crippen molar-refractivity contribution in [3.05, 3.63) is 58.0 Å². The van der Waals surface area contributed by atoms with E-state index in [4.69, 9.17) is 0 Å². The summed E-state index contributed by atoms with van der Waals surface area (Å²) in [5.41, 5.74) is 0.814. The average Bonchev–Trinajstić information content (AvgIpc) is 2.70. The van der Waals surface area contributed by atoms with Gasteiger partial charge in [-0.25, -0.2) is 4.68 Å². The van der Waals surface area contributed by atoms with E-state index in [1.807, 2.05) is 11.8 Å². The van der Waals surface area contributed by atoms with Gasteiger partial charge in [0.2, 0.25) is 0 Å². The number of likely N-dealkylation sites (tertiary alicyclic amines) is 1. The van der Waals surface area contributed by atoms with Crippen molar-refractivity contribution in [2.45, 2.75) is 39.7 Å². The van der Waals surface area contributed by atoms with Gasteiger partial charge in [-0.1, -0.05) is 26.0 Å². The van der Waals surface area contributed by atoms with Gasteiger partial charge in [-0.15, -0.1) is 0 Å². The largest absolute Gasteiger partial charge is 0.339 e. The van der Waals surface area contributed by atoms with Gasteiger partial charge in [-0.3, -0.25) is 14.4 Å². The maximum atomic E-state index is 12.9. The van der Waals surface area contributed by atoms with E-state index < -0.39 is 5.91 Å². The number of aromatic nitrogens is 2. The van der Waals surface area contributed by atoms with Crippen molar-refractivity contribution >= 4 is 17.5 Å². The van der Waals surface area contributed by atoms with Gasteiger partial charge in [0, 0.05) is 25.7 Å². The Labute approximate surface area is 164 Å². The van der Waals surface area contributed by atoms with Crippen LogP contribution >= 0.6 is 0 Å². The summed E-state index contributed by atoms with van der Waals surface area (Å²) in [7, 11) is 0. The second kappa shape index (κ2) is 8.82. The topological polar surface area (TPSA) is 84.3 Å². The Hall–Kier alpha value is -2.96. The van der Waals surface area contributed by atoms with Crippen LogP contribution in [-0.2, 0) is 6.54 Å². The number of nitrogens with zero attached hydrogens (tertiary/aromatic N) is 3. The summed E-state index contributed by atoms with van der Waals surface area (Å²) in [5.74, 6) is 0.105. The van der Waals surface area contributed by atoms with Gasteiger partial charge in [0.15, 0.2) is 0 Å². The molecule has 2 amide bonds. The zero-order valence-corrected chi connectivity index (χ0v) is 16.4. The minimum absolute atomic E-state index is 0.0771. The lowest BCUT2D eigenvalue weighted by Gasteiger charge is -2.30. The second-order valence-electron chi connectivity index (χ2n) is 7.25. The van der Waals surface area contributed by atoms with Gasteiger partial charge in [-0.2, -0.15) is 5.10 Å². The van der Waals surface area contributed by atoms with Crippen LogP contribution in [0.1, 0.15) is 54.0 Å². The number of piperidine rings is 1. The van der Waals surface area contributed by atoms with E-state index in [1.54, 1.807) is 24.3 Å². The standard InChI is InChI=1S/C21H26N4O3/c1-3-12-25-19(26)9-8-18(23-25)20(27)22-17-7-5-4-6-16(17)21(28)24-13-10-15(2)11-14-24/h4-9,15H,3,10-14H2,1-2H3,(H,22,27). The Balaban J connectivity index is 1.80. The van der Waals surface area contributed by atoms with Crippen molar-refractivity contribution in [1.82, 2.24) is 14.7 Å². The van der Waals surface area contributed by atoms with Crippen molar-refractivity contribution < 1.29 is 9.59 Å². The zero-order valence-electron chi connectivity index (χ0n) is 16.4. The van der Waals surface area contributed by atoms with Crippen molar-refractivity contribution in [2.24, 2.45) is 5.92 Å². The molecule has 148 valence electrons. The lowest BCUT2D eigenvalue weighted by molar-refractivity contribution is 0.0698. The lowest BCUT2D eigenvalue weighted by Crippen LogP contribution is -2.38. The first kappa shape index (κ1) is 19.8. The fourth-order valence-electron chi connectivity index (χ4n) is 3.29. The molecule has 0 unspecified atom stereocenters. The Morgan fingerprint density at radius 3 is 2.57 bits per heavy atom. The molecular formula is C21H26N4O3. The van der Waals surface area contributed by atoms with Crippen molar-refractivity contribution in [3.8, 4) is 0 Å². The van der Waals surface area contributed by atoms with Crippen LogP contribution in [0.15, 0.2) is 41.2 Å². The number of amides is 2. The third-order valence-corrected chi connectivity index (χ3v) is 5.01. The Morgan fingerprint density at radius 1 is 1.14 bits per heavy atom. The van der Waals surface area contributed by atoms with E-state index in [1.165, 1.54) is 16.8 Å². The SMILES string of the molecule is CCCn1nc(C(=O)Nc2ccccc2C(=O)N2CCC(C)CC2)ccc1=O. The molecule has 0 radical (unpaired) electrons. The van der Waals surface area contributed by atoms with E-state index in [9.17, 15) is 14.4 Å². The first-order chi connectivity index (χ1) is 13.5. The van der Waals surface area contributed by atoms with Gasteiger partial charge in [0.05, 0.1) is 11.3 Å². The Kier molecular flexibility index (Phi) is 6.23. The number of carbonyl (C=O) groups is 2. The van der Waals surface area contributed by atoms with Gasteiger partial charge in [-0.05, 0) is 43.4 Å². The number of benzene rings is 1. The van der Waals surface area contributed by atoms with Crippen LogP contribution in [0.3, 0.4) is 0 Å². The summed E-state index contributed by atoms with van der Waals surface area (Å²) in [6, 6.07) is 9.73. The number of hydrogen-bond donors (Lipinski definition) is 1. The molecule has 1 fully saturated rings. The number of carbonyl (C=O) groups excluding carboxylic acids is 2. The summed E-state index contributed by atoms with van der Waals surface area (Å²) < 4.78 is 1.28. The summed E-state index contributed by atoms with van der Waals surface area (Å²) in [6.07, 6.45) is 2.72. The van der Waals surface area contributed by atoms with Crippen LogP contribution in [0.2, 0.25) is 0 Å². The molecule has 3 rings (SSSR count). The quantitative estimate of drug-likeness (QED) is 0.862. The smallest absolute Gasteiger partial charge is 0.276 e. The van der Waals surface area contributed by atoms with Crippen LogP contribution in [0, 0.1) is 5.92 Å². The molecule has 0 saturated carbocycles. The molecule has 1 aliphatic rings. The van der Waals surface area contributed by atoms with Gasteiger partial charge in [0.25, 0.3) is 17.4 Å². The molecule has 0 bridgehead atoms. The van der Waals surface area contributed by atoms with E-state index in [0.29, 0.717) is 23.7 Å². The summed E-state index contributed by atoms with van der Waals surface area (Å²) in [4.78, 5) is 39.2. The minimum Gasteiger partial charge on any atom is -0.339 e. The predicted molar refractivity (Wildman–Crippen MR) is 107 cm³/mol. The zero-order chi connectivity index (χ0) is 20.1. The van der Waals surface area contributed by atoms with Crippen LogP contribution < -0.4 is 10.9 Å². The molecule has 2 aromatic rings. The van der Waals surface area contributed by atoms with E-state index in [-0.39, 0.29) is 17.2 Å². The average molecular weight is 382 g/mol. The minimum atomic E-state index is -0.447. The van der Waals surface area contributed by atoms with Crippen LogP contribution in [0.4, 0.5) is 5.69 Å². The van der Waals surface area contributed by atoms with Gasteiger partial charge in [0.1, 0.15) is 5.69 Å². The highest BCUT2D eigenvalue weighted by Crippen LogP contribution is 2.22. The molecule has 7 heteroatoms. The fraction of sp³-hybridized carbons (Fsp3) is 0.429. The maximum absolute atomic E-state index is 12.9. The Morgan fingerprint density at radius 2 is 1.86 bits per heavy atom. The number of para-hydroxylation sites is 1. The highest BCUT2D eigenvalue weighted by Gasteiger charge is 2.24. The first-order valence-corrected chi connectivity index (χ1v) is 9.77. The van der Waals surface area contributed by atoms with Crippen LogP contribution in [0.5, 0.6) is 0 Å².